The van der Waals surface area contributed by atoms with E-state index in [1.807, 2.05) is 36.4 Å². The molecule has 0 saturated carbocycles. The molecular formula is C23H20N4O3. The number of H-pyrrole nitrogens is 1. The molecule has 0 saturated heterocycles. The molecule has 0 bridgehead atoms. The van der Waals surface area contributed by atoms with Crippen molar-refractivity contribution < 1.29 is 9.72 Å². The van der Waals surface area contributed by atoms with Crippen LogP contribution in [0.1, 0.15) is 18.4 Å². The van der Waals surface area contributed by atoms with Crippen LogP contribution in [0.15, 0.2) is 72.9 Å². The fourth-order valence-electron chi connectivity index (χ4n) is 3.57. The number of nitrogens with one attached hydrogen (secondary N) is 2. The molecule has 0 aliphatic heterocycles. The van der Waals surface area contributed by atoms with Gasteiger partial charge in [-0.2, -0.15) is 0 Å². The standard InChI is InChI=1S/C23H20N4O3/c28-22(25-19-11-3-4-13-21(19)27(29)30)14-7-9-17-16-8-1-2-10-18(16)26-23(17)20-12-5-6-15-24-20/h1-6,8,10-13,15,26H,7,9,14H2,(H,25,28). The highest BCUT2D eigenvalue weighted by atomic mass is 16.6. The van der Waals surface area contributed by atoms with Crippen molar-refractivity contribution in [3.8, 4) is 11.4 Å². The number of aromatic nitrogens is 2. The summed E-state index contributed by atoms with van der Waals surface area (Å²) in [6, 6.07) is 20.0. The highest BCUT2D eigenvalue weighted by molar-refractivity contribution is 5.93. The van der Waals surface area contributed by atoms with Crippen molar-refractivity contribution >= 4 is 28.2 Å². The van der Waals surface area contributed by atoms with Crippen molar-refractivity contribution in [3.63, 3.8) is 0 Å². The first-order valence-electron chi connectivity index (χ1n) is 9.68. The fraction of sp³-hybridized carbons (Fsp3) is 0.130. The molecule has 0 spiro atoms. The number of carbonyl (C=O) groups is 1. The fourth-order valence-corrected chi connectivity index (χ4v) is 3.57. The van der Waals surface area contributed by atoms with E-state index in [9.17, 15) is 14.9 Å². The summed E-state index contributed by atoms with van der Waals surface area (Å²) in [5, 5.41) is 14.9. The number of carbonyl (C=O) groups excluding carboxylic acids is 1. The molecule has 0 atom stereocenters. The number of fused-ring (bicyclic) bond motifs is 1. The summed E-state index contributed by atoms with van der Waals surface area (Å²) >= 11 is 0. The second kappa shape index (κ2) is 8.57. The molecule has 0 radical (unpaired) electrons. The third-order valence-corrected chi connectivity index (χ3v) is 4.94. The van der Waals surface area contributed by atoms with E-state index in [-0.39, 0.29) is 23.7 Å². The van der Waals surface area contributed by atoms with E-state index < -0.39 is 4.92 Å². The van der Waals surface area contributed by atoms with Crippen LogP contribution in [0.4, 0.5) is 11.4 Å². The number of hydrogen-bond donors (Lipinski definition) is 2. The highest BCUT2D eigenvalue weighted by Gasteiger charge is 2.16. The first-order chi connectivity index (χ1) is 14.6. The number of nitrogens with zero attached hydrogens (tertiary/aromatic N) is 2. The van der Waals surface area contributed by atoms with Crippen LogP contribution >= 0.6 is 0 Å². The van der Waals surface area contributed by atoms with E-state index in [1.165, 1.54) is 12.1 Å². The lowest BCUT2D eigenvalue weighted by Crippen LogP contribution is -2.12. The zero-order valence-corrected chi connectivity index (χ0v) is 16.2. The van der Waals surface area contributed by atoms with Gasteiger partial charge in [0.25, 0.3) is 5.69 Å². The average molecular weight is 400 g/mol. The Morgan fingerprint density at radius 3 is 2.60 bits per heavy atom. The third kappa shape index (κ3) is 4.05. The van der Waals surface area contributed by atoms with Gasteiger partial charge >= 0.3 is 0 Å². The molecule has 2 N–H and O–H groups in total. The number of para-hydroxylation sites is 3. The molecule has 0 aliphatic rings. The van der Waals surface area contributed by atoms with Crippen molar-refractivity contribution in [2.24, 2.45) is 0 Å². The van der Waals surface area contributed by atoms with Gasteiger partial charge in [-0.3, -0.25) is 19.9 Å². The topological polar surface area (TPSA) is 101 Å². The van der Waals surface area contributed by atoms with Gasteiger partial charge in [-0.15, -0.1) is 0 Å². The highest BCUT2D eigenvalue weighted by Crippen LogP contribution is 2.30. The van der Waals surface area contributed by atoms with Gasteiger partial charge in [0.2, 0.25) is 5.91 Å². The minimum Gasteiger partial charge on any atom is -0.353 e. The molecule has 0 aliphatic carbocycles. The van der Waals surface area contributed by atoms with Crippen LogP contribution < -0.4 is 5.32 Å². The number of aromatic amines is 1. The zero-order chi connectivity index (χ0) is 20.9. The Morgan fingerprint density at radius 2 is 1.80 bits per heavy atom. The van der Waals surface area contributed by atoms with Gasteiger partial charge in [0.05, 0.1) is 16.3 Å². The van der Waals surface area contributed by atoms with Gasteiger partial charge in [-0.05, 0) is 42.7 Å². The first-order valence-corrected chi connectivity index (χ1v) is 9.68. The van der Waals surface area contributed by atoms with Crippen LogP contribution in [-0.4, -0.2) is 20.8 Å². The Hall–Kier alpha value is -4.00. The zero-order valence-electron chi connectivity index (χ0n) is 16.2. The number of nitro benzene ring substituents is 1. The average Bonchev–Trinajstić information content (AvgIpc) is 3.13. The lowest BCUT2D eigenvalue weighted by Gasteiger charge is -2.07. The number of hydrogen-bond acceptors (Lipinski definition) is 4. The van der Waals surface area contributed by atoms with Gasteiger partial charge in [-0.1, -0.05) is 36.4 Å². The molecule has 4 aromatic rings. The largest absolute Gasteiger partial charge is 0.353 e. The number of nitro groups is 1. The van der Waals surface area contributed by atoms with Crippen LogP contribution in [0.25, 0.3) is 22.3 Å². The SMILES string of the molecule is O=C(CCCc1c(-c2ccccn2)[nH]c2ccccc12)Nc1ccccc1[N+](=O)[O-]. The molecule has 2 heterocycles. The van der Waals surface area contributed by atoms with Crippen LogP contribution in [0.3, 0.4) is 0 Å². The number of benzene rings is 2. The molecule has 30 heavy (non-hydrogen) atoms. The molecule has 2 aromatic heterocycles. The van der Waals surface area contributed by atoms with Gasteiger partial charge in [-0.25, -0.2) is 0 Å². The number of pyridine rings is 1. The van der Waals surface area contributed by atoms with Gasteiger partial charge in [0.15, 0.2) is 0 Å². The van der Waals surface area contributed by atoms with Gasteiger partial charge < -0.3 is 10.3 Å². The van der Waals surface area contributed by atoms with E-state index in [1.54, 1.807) is 18.3 Å². The lowest BCUT2D eigenvalue weighted by atomic mass is 10.0. The Bertz CT molecular complexity index is 1200. The molecule has 2 aromatic carbocycles. The molecule has 0 unspecified atom stereocenters. The van der Waals surface area contributed by atoms with E-state index in [4.69, 9.17) is 0 Å². The number of amides is 1. The van der Waals surface area contributed by atoms with Crippen molar-refractivity contribution in [3.05, 3.63) is 88.6 Å². The lowest BCUT2D eigenvalue weighted by molar-refractivity contribution is -0.383. The summed E-state index contributed by atoms with van der Waals surface area (Å²) in [6.45, 7) is 0. The van der Waals surface area contributed by atoms with Crippen molar-refractivity contribution in [1.82, 2.24) is 9.97 Å². The Morgan fingerprint density at radius 1 is 1.03 bits per heavy atom. The summed E-state index contributed by atoms with van der Waals surface area (Å²) in [6.07, 6.45) is 3.30. The first kappa shape index (κ1) is 19.3. The maximum atomic E-state index is 12.4. The molecule has 4 rings (SSSR count). The molecule has 7 nitrogen and oxygen atoms in total. The van der Waals surface area contributed by atoms with Crippen LogP contribution in [0.2, 0.25) is 0 Å². The van der Waals surface area contributed by atoms with E-state index in [0.29, 0.717) is 12.8 Å². The quantitative estimate of drug-likeness (QED) is 0.333. The Labute approximate surface area is 172 Å². The van der Waals surface area contributed by atoms with Crippen LogP contribution in [-0.2, 0) is 11.2 Å². The van der Waals surface area contributed by atoms with Gasteiger partial charge in [0.1, 0.15) is 5.69 Å². The second-order valence-electron chi connectivity index (χ2n) is 6.92. The Kier molecular flexibility index (Phi) is 5.52. The van der Waals surface area contributed by atoms with Crippen LogP contribution in [0, 0.1) is 10.1 Å². The smallest absolute Gasteiger partial charge is 0.292 e. The van der Waals surface area contributed by atoms with E-state index in [0.717, 1.165) is 27.9 Å². The maximum absolute atomic E-state index is 12.4. The molecule has 7 heteroatoms. The third-order valence-electron chi connectivity index (χ3n) is 4.94. The minimum absolute atomic E-state index is 0.111. The normalized spacial score (nSPS) is 10.8. The molecule has 150 valence electrons. The summed E-state index contributed by atoms with van der Waals surface area (Å²) in [4.78, 5) is 30.9. The van der Waals surface area contributed by atoms with Gasteiger partial charge in [0, 0.05) is 29.6 Å². The van der Waals surface area contributed by atoms with Crippen molar-refractivity contribution in [2.45, 2.75) is 19.3 Å². The molecule has 0 fully saturated rings. The summed E-state index contributed by atoms with van der Waals surface area (Å²) < 4.78 is 0. The maximum Gasteiger partial charge on any atom is 0.292 e. The van der Waals surface area contributed by atoms with Crippen molar-refractivity contribution in [1.29, 1.82) is 0 Å². The number of anilines is 1. The van der Waals surface area contributed by atoms with Crippen LogP contribution in [0.5, 0.6) is 0 Å². The predicted molar refractivity (Wildman–Crippen MR) is 116 cm³/mol. The predicted octanol–water partition coefficient (Wildman–Crippen LogP) is 5.10. The van der Waals surface area contributed by atoms with E-state index >= 15 is 0 Å². The number of aryl methyl sites for hydroxylation is 1. The second-order valence-corrected chi connectivity index (χ2v) is 6.92. The summed E-state index contributed by atoms with van der Waals surface area (Å²) in [5.74, 6) is -0.247. The summed E-state index contributed by atoms with van der Waals surface area (Å²) in [5.41, 5.74) is 4.05. The summed E-state index contributed by atoms with van der Waals surface area (Å²) in [7, 11) is 0. The monoisotopic (exact) mass is 400 g/mol. The Balaban J connectivity index is 1.49. The van der Waals surface area contributed by atoms with Crippen molar-refractivity contribution in [2.75, 3.05) is 5.32 Å². The molecular weight excluding hydrogens is 380 g/mol. The minimum atomic E-state index is -0.499. The van der Waals surface area contributed by atoms with E-state index in [2.05, 4.69) is 21.4 Å². The number of rotatable bonds is 7. The molecule has 1 amide bonds.